The lowest BCUT2D eigenvalue weighted by atomic mass is 10.1. The maximum absolute atomic E-state index is 12.4. The molecule has 0 fully saturated rings. The molecule has 21 heavy (non-hydrogen) atoms. The minimum absolute atomic E-state index is 0.231. The van der Waals surface area contributed by atoms with Gasteiger partial charge in [0.05, 0.1) is 11.8 Å². The lowest BCUT2D eigenvalue weighted by Crippen LogP contribution is -2.17. The third kappa shape index (κ3) is 3.31. The minimum atomic E-state index is -0.640. The Morgan fingerprint density at radius 2 is 1.95 bits per heavy atom. The highest BCUT2D eigenvalue weighted by Gasteiger charge is 2.17. The molecule has 2 aromatic rings. The molecule has 0 saturated heterocycles. The van der Waals surface area contributed by atoms with E-state index in [9.17, 15) is 9.90 Å². The number of carbonyl (C=O) groups is 1. The van der Waals surface area contributed by atoms with Gasteiger partial charge in [0.2, 0.25) is 0 Å². The van der Waals surface area contributed by atoms with E-state index >= 15 is 0 Å². The molecular weight excluding hydrogens is 266 g/mol. The van der Waals surface area contributed by atoms with Gasteiger partial charge in [-0.2, -0.15) is 5.10 Å². The number of para-hydroxylation sites is 1. The molecule has 1 aromatic carbocycles. The number of carbonyl (C=O) groups excluding carboxylic acids is 1. The van der Waals surface area contributed by atoms with Gasteiger partial charge in [0, 0.05) is 18.3 Å². The summed E-state index contributed by atoms with van der Waals surface area (Å²) < 4.78 is 1.58. The number of aliphatic hydroxyl groups excluding tert-OH is 1. The van der Waals surface area contributed by atoms with E-state index < -0.39 is 6.10 Å². The first-order valence-corrected chi connectivity index (χ1v) is 7.02. The van der Waals surface area contributed by atoms with Crippen LogP contribution < -0.4 is 5.32 Å². The van der Waals surface area contributed by atoms with E-state index in [2.05, 4.69) is 10.4 Å². The second-order valence-electron chi connectivity index (χ2n) is 5.45. The van der Waals surface area contributed by atoms with Crippen LogP contribution in [0.4, 0.5) is 5.69 Å². The topological polar surface area (TPSA) is 67.2 Å². The van der Waals surface area contributed by atoms with Gasteiger partial charge in [-0.3, -0.25) is 9.48 Å². The second kappa shape index (κ2) is 6.10. The molecule has 1 atom stereocenters. The Balaban J connectivity index is 2.26. The van der Waals surface area contributed by atoms with Crippen molar-refractivity contribution in [1.29, 1.82) is 0 Å². The fourth-order valence-electron chi connectivity index (χ4n) is 2.15. The normalized spacial score (nSPS) is 12.5. The van der Waals surface area contributed by atoms with Crippen molar-refractivity contribution >= 4 is 11.6 Å². The number of hydrogen-bond acceptors (Lipinski definition) is 3. The molecule has 0 saturated carbocycles. The predicted octanol–water partition coefficient (Wildman–Crippen LogP) is 2.85. The van der Waals surface area contributed by atoms with Gasteiger partial charge in [0.15, 0.2) is 0 Å². The summed E-state index contributed by atoms with van der Waals surface area (Å²) in [7, 11) is 1.75. The van der Waals surface area contributed by atoms with E-state index in [4.69, 9.17) is 0 Å². The van der Waals surface area contributed by atoms with Crippen LogP contribution in [-0.2, 0) is 7.05 Å². The molecule has 2 rings (SSSR count). The molecule has 0 aliphatic carbocycles. The third-order valence-electron chi connectivity index (χ3n) is 3.38. The van der Waals surface area contributed by atoms with E-state index in [1.807, 2.05) is 26.0 Å². The summed E-state index contributed by atoms with van der Waals surface area (Å²) in [5.74, 6) is 0.0347. The van der Waals surface area contributed by atoms with Crippen molar-refractivity contribution in [1.82, 2.24) is 9.78 Å². The van der Waals surface area contributed by atoms with Gasteiger partial charge in [-0.05, 0) is 25.0 Å². The Bertz CT molecular complexity index is 645. The van der Waals surface area contributed by atoms with Gasteiger partial charge in [0.1, 0.15) is 5.69 Å². The van der Waals surface area contributed by atoms with Crippen LogP contribution in [0.25, 0.3) is 0 Å². The molecule has 5 nitrogen and oxygen atoms in total. The molecule has 2 N–H and O–H groups in total. The lowest BCUT2D eigenvalue weighted by molar-refractivity contribution is 0.101. The first-order valence-electron chi connectivity index (χ1n) is 7.02. The van der Waals surface area contributed by atoms with E-state index in [0.717, 1.165) is 5.69 Å². The number of hydrogen-bond donors (Lipinski definition) is 2. The molecule has 1 aromatic heterocycles. The van der Waals surface area contributed by atoms with Crippen molar-refractivity contribution in [2.24, 2.45) is 7.05 Å². The van der Waals surface area contributed by atoms with Gasteiger partial charge < -0.3 is 10.4 Å². The van der Waals surface area contributed by atoms with Crippen molar-refractivity contribution in [2.45, 2.75) is 32.8 Å². The van der Waals surface area contributed by atoms with Crippen molar-refractivity contribution in [3.05, 3.63) is 47.3 Å². The summed E-state index contributed by atoms with van der Waals surface area (Å²) in [5.41, 5.74) is 2.69. The van der Waals surface area contributed by atoms with Crippen molar-refractivity contribution in [3.63, 3.8) is 0 Å². The number of nitrogens with one attached hydrogen (secondary N) is 1. The van der Waals surface area contributed by atoms with Crippen LogP contribution in [0.1, 0.15) is 54.5 Å². The van der Waals surface area contributed by atoms with Crippen LogP contribution in [0.15, 0.2) is 30.3 Å². The summed E-state index contributed by atoms with van der Waals surface area (Å²) >= 11 is 0. The van der Waals surface area contributed by atoms with Crippen LogP contribution in [0.2, 0.25) is 0 Å². The Hall–Kier alpha value is -2.14. The number of aryl methyl sites for hydroxylation is 1. The molecule has 0 spiro atoms. The monoisotopic (exact) mass is 287 g/mol. The minimum Gasteiger partial charge on any atom is -0.389 e. The Morgan fingerprint density at radius 1 is 1.29 bits per heavy atom. The number of rotatable bonds is 4. The average Bonchev–Trinajstić information content (AvgIpc) is 2.81. The maximum Gasteiger partial charge on any atom is 0.273 e. The second-order valence-corrected chi connectivity index (χ2v) is 5.45. The van der Waals surface area contributed by atoms with Gasteiger partial charge in [-0.1, -0.05) is 32.0 Å². The Kier molecular flexibility index (Phi) is 4.43. The molecule has 0 aliphatic heterocycles. The van der Waals surface area contributed by atoms with E-state index in [-0.39, 0.29) is 11.8 Å². The largest absolute Gasteiger partial charge is 0.389 e. The SMILES string of the molecule is CC(C)c1cc(C(=O)Nc2ccccc2[C@@H](C)O)n(C)n1. The van der Waals surface area contributed by atoms with Gasteiger partial charge in [0.25, 0.3) is 5.91 Å². The van der Waals surface area contributed by atoms with Crippen LogP contribution >= 0.6 is 0 Å². The quantitative estimate of drug-likeness (QED) is 0.908. The number of aliphatic hydroxyl groups is 1. The molecule has 0 unspecified atom stereocenters. The predicted molar refractivity (Wildman–Crippen MR) is 82.3 cm³/mol. The van der Waals surface area contributed by atoms with Crippen LogP contribution in [-0.4, -0.2) is 20.8 Å². The number of benzene rings is 1. The van der Waals surface area contributed by atoms with Crippen LogP contribution in [0.3, 0.4) is 0 Å². The summed E-state index contributed by atoms with van der Waals surface area (Å²) in [6, 6.07) is 9.02. The molecule has 112 valence electrons. The standard InChI is InChI=1S/C16H21N3O2/c1-10(2)14-9-15(19(4)18-14)16(21)17-13-8-6-5-7-12(13)11(3)20/h5-11,20H,1-4H3,(H,17,21)/t11-/m1/s1. The van der Waals surface area contributed by atoms with Crippen LogP contribution in [0, 0.1) is 0 Å². The van der Waals surface area contributed by atoms with E-state index in [0.29, 0.717) is 16.9 Å². The smallest absolute Gasteiger partial charge is 0.273 e. The molecule has 0 aliphatic rings. The van der Waals surface area contributed by atoms with E-state index in [1.165, 1.54) is 0 Å². The summed E-state index contributed by atoms with van der Waals surface area (Å²) in [6.07, 6.45) is -0.640. The van der Waals surface area contributed by atoms with Crippen LogP contribution in [0.5, 0.6) is 0 Å². The zero-order valence-corrected chi connectivity index (χ0v) is 12.8. The van der Waals surface area contributed by atoms with Crippen molar-refractivity contribution < 1.29 is 9.90 Å². The molecule has 0 bridgehead atoms. The Morgan fingerprint density at radius 3 is 2.52 bits per heavy atom. The first kappa shape index (κ1) is 15.3. The molecule has 0 radical (unpaired) electrons. The maximum atomic E-state index is 12.4. The fourth-order valence-corrected chi connectivity index (χ4v) is 2.15. The first-order chi connectivity index (χ1) is 9.90. The average molecular weight is 287 g/mol. The number of nitrogens with zero attached hydrogens (tertiary/aromatic N) is 2. The highest BCUT2D eigenvalue weighted by Crippen LogP contribution is 2.23. The van der Waals surface area contributed by atoms with E-state index in [1.54, 1.807) is 36.9 Å². The zero-order chi connectivity index (χ0) is 15.6. The summed E-state index contributed by atoms with van der Waals surface area (Å²) in [6.45, 7) is 5.74. The number of amides is 1. The zero-order valence-electron chi connectivity index (χ0n) is 12.8. The van der Waals surface area contributed by atoms with Crippen molar-refractivity contribution in [3.8, 4) is 0 Å². The third-order valence-corrected chi connectivity index (χ3v) is 3.38. The molecular formula is C16H21N3O2. The van der Waals surface area contributed by atoms with Gasteiger partial charge in [-0.25, -0.2) is 0 Å². The van der Waals surface area contributed by atoms with Gasteiger partial charge >= 0.3 is 0 Å². The number of aromatic nitrogens is 2. The fraction of sp³-hybridized carbons (Fsp3) is 0.375. The summed E-state index contributed by atoms with van der Waals surface area (Å²) in [5, 5.41) is 16.9. The molecule has 1 heterocycles. The van der Waals surface area contributed by atoms with Gasteiger partial charge in [-0.15, -0.1) is 0 Å². The highest BCUT2D eigenvalue weighted by molar-refractivity contribution is 6.03. The molecule has 5 heteroatoms. The lowest BCUT2D eigenvalue weighted by Gasteiger charge is -2.12. The Labute approximate surface area is 124 Å². The highest BCUT2D eigenvalue weighted by atomic mass is 16.3. The number of anilines is 1. The molecule has 1 amide bonds. The van der Waals surface area contributed by atoms with Crippen molar-refractivity contribution in [2.75, 3.05) is 5.32 Å². The summed E-state index contributed by atoms with van der Waals surface area (Å²) in [4.78, 5) is 12.4.